The summed E-state index contributed by atoms with van der Waals surface area (Å²) in [5.74, 6) is 0.232. The average molecular weight is 328 g/mol. The van der Waals surface area contributed by atoms with Gasteiger partial charge in [-0.05, 0) is 19.3 Å². The van der Waals surface area contributed by atoms with E-state index in [1.165, 1.54) is 10.6 Å². The second kappa shape index (κ2) is 5.71. The summed E-state index contributed by atoms with van der Waals surface area (Å²) < 4.78 is 44.4. The van der Waals surface area contributed by atoms with E-state index in [0.717, 1.165) is 6.20 Å². The van der Waals surface area contributed by atoms with E-state index in [4.69, 9.17) is 4.52 Å². The molecule has 0 saturated heterocycles. The zero-order chi connectivity index (χ0) is 16.6. The fourth-order valence-electron chi connectivity index (χ4n) is 2.61. The van der Waals surface area contributed by atoms with Crippen LogP contribution in [0.5, 0.6) is 0 Å². The minimum Gasteiger partial charge on any atom is -0.351 e. The summed E-state index contributed by atoms with van der Waals surface area (Å²) in [6.45, 7) is 2.46. The van der Waals surface area contributed by atoms with Gasteiger partial charge in [0.15, 0.2) is 5.69 Å². The standard InChI is InChI=1S/C14H15F3N4O2/c1-8-4-10(23-20-8)13(22)18-5-9-2-3-12-19-11(14(15,16)17)7-21(12)6-9/h4,7,9H,2-3,5-6H2,1H3,(H,18,22). The van der Waals surface area contributed by atoms with Crippen molar-refractivity contribution in [3.05, 3.63) is 35.2 Å². The highest BCUT2D eigenvalue weighted by atomic mass is 19.4. The normalized spacial score (nSPS) is 17.8. The lowest BCUT2D eigenvalue weighted by Crippen LogP contribution is -2.33. The zero-order valence-corrected chi connectivity index (χ0v) is 12.4. The molecular formula is C14H15F3N4O2. The molecule has 23 heavy (non-hydrogen) atoms. The highest BCUT2D eigenvalue weighted by molar-refractivity contribution is 5.91. The van der Waals surface area contributed by atoms with Crippen molar-refractivity contribution in [3.8, 4) is 0 Å². The predicted molar refractivity (Wildman–Crippen MR) is 72.6 cm³/mol. The van der Waals surface area contributed by atoms with Crippen LogP contribution in [-0.2, 0) is 19.1 Å². The molecule has 0 bridgehead atoms. The Morgan fingerprint density at radius 2 is 2.30 bits per heavy atom. The van der Waals surface area contributed by atoms with E-state index >= 15 is 0 Å². The Morgan fingerprint density at radius 1 is 1.52 bits per heavy atom. The first-order valence-electron chi connectivity index (χ1n) is 7.17. The molecule has 0 aliphatic carbocycles. The smallest absolute Gasteiger partial charge is 0.351 e. The molecule has 0 aromatic carbocycles. The first-order chi connectivity index (χ1) is 10.8. The quantitative estimate of drug-likeness (QED) is 0.937. The molecule has 9 heteroatoms. The van der Waals surface area contributed by atoms with Gasteiger partial charge in [0, 0.05) is 31.8 Å². The second-order valence-electron chi connectivity index (χ2n) is 5.64. The van der Waals surface area contributed by atoms with Crippen molar-refractivity contribution in [2.75, 3.05) is 6.54 Å². The Morgan fingerprint density at radius 3 is 2.96 bits per heavy atom. The van der Waals surface area contributed by atoms with Gasteiger partial charge in [-0.2, -0.15) is 13.2 Å². The SMILES string of the molecule is Cc1cc(C(=O)NCC2CCc3nc(C(F)(F)F)cn3C2)on1. The predicted octanol–water partition coefficient (Wildman–Crippen LogP) is 2.19. The number of carbonyl (C=O) groups excluding carboxylic acids is 1. The summed E-state index contributed by atoms with van der Waals surface area (Å²) in [7, 11) is 0. The first-order valence-corrected chi connectivity index (χ1v) is 7.17. The van der Waals surface area contributed by atoms with Crippen LogP contribution in [0.2, 0.25) is 0 Å². The summed E-state index contributed by atoms with van der Waals surface area (Å²) in [6.07, 6.45) is -2.27. The van der Waals surface area contributed by atoms with Crippen molar-refractivity contribution in [3.63, 3.8) is 0 Å². The van der Waals surface area contributed by atoms with E-state index in [0.29, 0.717) is 37.4 Å². The lowest BCUT2D eigenvalue weighted by molar-refractivity contribution is -0.141. The van der Waals surface area contributed by atoms with Crippen LogP contribution in [0.3, 0.4) is 0 Å². The summed E-state index contributed by atoms with van der Waals surface area (Å²) in [6, 6.07) is 1.53. The molecule has 124 valence electrons. The Kier molecular flexibility index (Phi) is 3.87. The third-order valence-corrected chi connectivity index (χ3v) is 3.78. The van der Waals surface area contributed by atoms with E-state index in [-0.39, 0.29) is 17.6 Å². The molecule has 6 nitrogen and oxygen atoms in total. The number of imidazole rings is 1. The van der Waals surface area contributed by atoms with Gasteiger partial charge in [-0.1, -0.05) is 5.16 Å². The monoisotopic (exact) mass is 328 g/mol. The van der Waals surface area contributed by atoms with Crippen molar-refractivity contribution < 1.29 is 22.5 Å². The summed E-state index contributed by atoms with van der Waals surface area (Å²) >= 11 is 0. The molecule has 3 rings (SSSR count). The number of aryl methyl sites for hydroxylation is 2. The molecule has 2 aromatic rings. The highest BCUT2D eigenvalue weighted by Gasteiger charge is 2.35. The van der Waals surface area contributed by atoms with Crippen molar-refractivity contribution in [2.24, 2.45) is 5.92 Å². The maximum atomic E-state index is 12.7. The number of carbonyl (C=O) groups is 1. The molecule has 1 N–H and O–H groups in total. The minimum absolute atomic E-state index is 0.0470. The molecule has 2 aromatic heterocycles. The summed E-state index contributed by atoms with van der Waals surface area (Å²) in [4.78, 5) is 15.5. The minimum atomic E-state index is -4.43. The van der Waals surface area contributed by atoms with Gasteiger partial charge >= 0.3 is 6.18 Å². The zero-order valence-electron chi connectivity index (χ0n) is 12.4. The molecule has 0 saturated carbocycles. The number of aromatic nitrogens is 3. The molecule has 0 radical (unpaired) electrons. The lowest BCUT2D eigenvalue weighted by Gasteiger charge is -2.23. The molecular weight excluding hydrogens is 313 g/mol. The van der Waals surface area contributed by atoms with Gasteiger partial charge in [-0.15, -0.1) is 0 Å². The van der Waals surface area contributed by atoms with Crippen molar-refractivity contribution in [1.29, 1.82) is 0 Å². The average Bonchev–Trinajstić information content (AvgIpc) is 3.09. The van der Waals surface area contributed by atoms with Gasteiger partial charge in [-0.3, -0.25) is 4.79 Å². The van der Waals surface area contributed by atoms with Gasteiger partial charge in [0.25, 0.3) is 5.91 Å². The van der Waals surface area contributed by atoms with Gasteiger partial charge < -0.3 is 14.4 Å². The Hall–Kier alpha value is -2.32. The maximum absolute atomic E-state index is 12.7. The number of fused-ring (bicyclic) bond motifs is 1. The molecule has 0 fully saturated rings. The number of hydrogen-bond acceptors (Lipinski definition) is 4. The molecule has 1 aliphatic heterocycles. The second-order valence-corrected chi connectivity index (χ2v) is 5.64. The lowest BCUT2D eigenvalue weighted by atomic mass is 9.99. The van der Waals surface area contributed by atoms with E-state index in [2.05, 4.69) is 15.5 Å². The van der Waals surface area contributed by atoms with Crippen LogP contribution in [0.4, 0.5) is 13.2 Å². The molecule has 1 aliphatic rings. The van der Waals surface area contributed by atoms with Crippen LogP contribution in [-0.4, -0.2) is 27.2 Å². The number of alkyl halides is 3. The number of nitrogens with one attached hydrogen (secondary N) is 1. The van der Waals surface area contributed by atoms with E-state index in [1.54, 1.807) is 6.92 Å². The highest BCUT2D eigenvalue weighted by Crippen LogP contribution is 2.30. The molecule has 0 spiro atoms. The third-order valence-electron chi connectivity index (χ3n) is 3.78. The number of halogens is 3. The largest absolute Gasteiger partial charge is 0.434 e. The fraction of sp³-hybridized carbons (Fsp3) is 0.500. The number of amides is 1. The molecule has 1 amide bonds. The Bertz CT molecular complexity index is 720. The van der Waals surface area contributed by atoms with Crippen molar-refractivity contribution in [1.82, 2.24) is 20.0 Å². The van der Waals surface area contributed by atoms with Crippen molar-refractivity contribution in [2.45, 2.75) is 32.5 Å². The molecule has 1 atom stereocenters. The van der Waals surface area contributed by atoms with Crippen LogP contribution in [0, 0.1) is 12.8 Å². The van der Waals surface area contributed by atoms with E-state index in [9.17, 15) is 18.0 Å². The van der Waals surface area contributed by atoms with E-state index in [1.807, 2.05) is 0 Å². The van der Waals surface area contributed by atoms with Crippen LogP contribution in [0.1, 0.15) is 34.2 Å². The Labute approximate surface area is 129 Å². The summed E-state index contributed by atoms with van der Waals surface area (Å²) in [5.41, 5.74) is -0.259. The first kappa shape index (κ1) is 15.6. The van der Waals surface area contributed by atoms with Crippen LogP contribution >= 0.6 is 0 Å². The number of rotatable bonds is 3. The number of hydrogen-bond donors (Lipinski definition) is 1. The van der Waals surface area contributed by atoms with Gasteiger partial charge in [0.05, 0.1) is 5.69 Å². The third kappa shape index (κ3) is 3.38. The molecule has 1 unspecified atom stereocenters. The van der Waals surface area contributed by atoms with Gasteiger partial charge in [-0.25, -0.2) is 4.98 Å². The van der Waals surface area contributed by atoms with Crippen LogP contribution in [0.25, 0.3) is 0 Å². The Balaban J connectivity index is 1.59. The fourth-order valence-corrected chi connectivity index (χ4v) is 2.61. The summed E-state index contributed by atoms with van der Waals surface area (Å²) in [5, 5.41) is 6.35. The van der Waals surface area contributed by atoms with Crippen molar-refractivity contribution >= 4 is 5.91 Å². The maximum Gasteiger partial charge on any atom is 0.434 e. The number of nitrogens with zero attached hydrogens (tertiary/aromatic N) is 3. The molecule has 3 heterocycles. The van der Waals surface area contributed by atoms with Gasteiger partial charge in [0.1, 0.15) is 5.82 Å². The van der Waals surface area contributed by atoms with Gasteiger partial charge in [0.2, 0.25) is 5.76 Å². The van der Waals surface area contributed by atoms with E-state index < -0.39 is 11.9 Å². The van der Waals surface area contributed by atoms with Crippen LogP contribution < -0.4 is 5.32 Å². The van der Waals surface area contributed by atoms with Crippen LogP contribution in [0.15, 0.2) is 16.8 Å². The topological polar surface area (TPSA) is 73.0 Å².